The van der Waals surface area contributed by atoms with Gasteiger partial charge in [-0.05, 0) is 0 Å². The third kappa shape index (κ3) is 22.7. The molecule has 0 aliphatic carbocycles. The lowest BCUT2D eigenvalue weighted by Gasteiger charge is -1.61. The van der Waals surface area contributed by atoms with Gasteiger partial charge in [-0.2, -0.15) is 0 Å². The van der Waals surface area contributed by atoms with E-state index in [0.717, 1.165) is 0 Å². The van der Waals surface area contributed by atoms with Crippen molar-refractivity contribution in [3.63, 3.8) is 0 Å². The average Bonchev–Trinajstić information content (AvgIpc) is 1.37. The van der Waals surface area contributed by atoms with Crippen molar-refractivity contribution < 1.29 is 18.4 Å². The van der Waals surface area contributed by atoms with Gasteiger partial charge in [-0.25, -0.2) is 0 Å². The lowest BCUT2D eigenvalue weighted by atomic mass is 10.7. The summed E-state index contributed by atoms with van der Waals surface area (Å²) in [6, 6.07) is 0. The molecule has 0 atom stereocenters. The summed E-state index contributed by atoms with van der Waals surface area (Å²) in [5.41, 5.74) is 4.91. The van der Waals surface area contributed by atoms with E-state index >= 15 is 0 Å². The monoisotopic (exact) mass is 217 g/mol. The fourth-order valence-electron chi connectivity index (χ4n) is 0. The van der Waals surface area contributed by atoms with Crippen molar-refractivity contribution in [3.05, 3.63) is 12.7 Å². The van der Waals surface area contributed by atoms with Crippen LogP contribution < -0.4 is 22.7 Å². The molecule has 0 aromatic carbocycles. The van der Waals surface area contributed by atoms with Crippen LogP contribution in [0.5, 0.6) is 0 Å². The summed E-state index contributed by atoms with van der Waals surface area (Å²) >= 11 is 0. The van der Waals surface area contributed by atoms with Crippen LogP contribution in [0.25, 0.3) is 0 Å². The normalized spacial score (nSPS) is 4.17. The van der Waals surface area contributed by atoms with E-state index in [1.165, 1.54) is 0 Å². The van der Waals surface area contributed by atoms with Gasteiger partial charge in [0.1, 0.15) is 0 Å². The Balaban J connectivity index is -0.0000000150. The summed E-state index contributed by atoms with van der Waals surface area (Å²) in [6.45, 7) is 3.94. The zero-order valence-electron chi connectivity index (χ0n) is 4.36. The van der Waals surface area contributed by atoms with Gasteiger partial charge in [0, 0.05) is 6.54 Å². The van der Waals surface area contributed by atoms with Crippen molar-refractivity contribution in [2.45, 2.75) is 0 Å². The Morgan fingerprint density at radius 3 is 2.00 bits per heavy atom. The molecule has 0 aromatic heterocycles. The molecule has 0 saturated heterocycles. The first kappa shape index (κ1) is 15.9. The number of rotatable bonds is 1. The Morgan fingerprint density at radius 1 is 1.83 bits per heavy atom. The molecule has 0 amide bonds. The molecule has 3 heteroatoms. The first-order chi connectivity index (χ1) is 1.91. The molecule has 6 heavy (non-hydrogen) atoms. The van der Waals surface area contributed by atoms with Crippen molar-refractivity contribution in [2.24, 2.45) is 5.73 Å². The molecule has 0 radical (unpaired) electrons. The second-order valence-electron chi connectivity index (χ2n) is 0.524. The summed E-state index contributed by atoms with van der Waals surface area (Å²) in [7, 11) is 0. The maximum absolute atomic E-state index is 4.91. The molecule has 0 heterocycles. The molecule has 0 spiro atoms. The first-order valence-corrected chi connectivity index (χ1v) is 1.22. The molecule has 0 aliphatic rings. The van der Waals surface area contributed by atoms with Crippen LogP contribution in [0.3, 0.4) is 0 Å². The molecule has 0 aliphatic heterocycles. The summed E-state index contributed by atoms with van der Waals surface area (Å²) in [5.74, 6) is 0. The molecule has 0 aromatic rings. The van der Waals surface area contributed by atoms with Gasteiger partial charge >= 0.3 is 1.43 Å². The fourth-order valence-corrected chi connectivity index (χ4v) is 0. The van der Waals surface area contributed by atoms with Gasteiger partial charge in [0.05, 0.1) is 0 Å². The van der Waals surface area contributed by atoms with Crippen LogP contribution in [0.4, 0.5) is 0 Å². The molecule has 1 nitrogen and oxygen atoms in total. The highest BCUT2D eigenvalue weighted by Crippen LogP contribution is 1.40. The van der Waals surface area contributed by atoms with Crippen LogP contribution in [0.2, 0.25) is 0 Å². The van der Waals surface area contributed by atoms with Crippen molar-refractivity contribution in [1.82, 2.24) is 0 Å². The van der Waals surface area contributed by atoms with Gasteiger partial charge in [0.2, 0.25) is 0 Å². The Morgan fingerprint density at radius 2 is 2.00 bits per heavy atom. The molecule has 0 rings (SSSR count). The largest absolute Gasteiger partial charge is 1.00 e. The number of nitrogens with two attached hydrogens (primary N) is 1. The van der Waals surface area contributed by atoms with E-state index < -0.39 is 0 Å². The predicted molar refractivity (Wildman–Crippen MR) is 30.7 cm³/mol. The fraction of sp³-hybridized carbons (Fsp3) is 0.333. The lowest BCUT2D eigenvalue weighted by molar-refractivity contribution is -0.00000108. The summed E-state index contributed by atoms with van der Waals surface area (Å²) in [4.78, 5) is 0. The Hall–Kier alpha value is 0.660. The molecular weight excluding hydrogens is 210 g/mol. The van der Waals surface area contributed by atoms with Gasteiger partial charge in [0.25, 0.3) is 0 Å². The van der Waals surface area contributed by atoms with E-state index in [9.17, 15) is 0 Å². The van der Waals surface area contributed by atoms with Crippen LogP contribution >= 0.6 is 17.0 Å². The number of hydrogen-bond donors (Lipinski definition) is 1. The zero-order chi connectivity index (χ0) is 3.41. The van der Waals surface area contributed by atoms with E-state index in [0.29, 0.717) is 6.54 Å². The van der Waals surface area contributed by atoms with E-state index in [2.05, 4.69) is 6.58 Å². The average molecular weight is 219 g/mol. The third-order valence-corrected chi connectivity index (χ3v) is 0.167. The molecule has 0 bridgehead atoms. The second-order valence-corrected chi connectivity index (χ2v) is 0.524. The maximum Gasteiger partial charge on any atom is 1.00 e. The predicted octanol–water partition coefficient (Wildman–Crippen LogP) is -2.17. The molecule has 40 valence electrons. The zero-order valence-corrected chi connectivity index (χ0v) is 6.65. The minimum atomic E-state index is 0. The molecule has 0 unspecified atom stereocenters. The van der Waals surface area contributed by atoms with E-state index in [4.69, 9.17) is 5.73 Å². The van der Waals surface area contributed by atoms with Crippen LogP contribution in [-0.4, -0.2) is 6.54 Å². The van der Waals surface area contributed by atoms with Gasteiger partial charge in [0.15, 0.2) is 0 Å². The van der Waals surface area contributed by atoms with Crippen LogP contribution in [0.1, 0.15) is 1.43 Å². The van der Waals surface area contributed by atoms with Crippen LogP contribution in [-0.2, 0) is 0 Å². The number of halogens is 2. The summed E-state index contributed by atoms with van der Waals surface area (Å²) in [6.07, 6.45) is 1.65. The van der Waals surface area contributed by atoms with Gasteiger partial charge in [-0.3, -0.25) is 0 Å². The second kappa shape index (κ2) is 17.4. The van der Waals surface area contributed by atoms with Crippen LogP contribution in [0, 0.1) is 0 Å². The molecule has 0 fully saturated rings. The topological polar surface area (TPSA) is 26.0 Å². The van der Waals surface area contributed by atoms with Crippen molar-refractivity contribution in [3.8, 4) is 0 Å². The lowest BCUT2D eigenvalue weighted by Crippen LogP contribution is -3.00. The first-order valence-electron chi connectivity index (χ1n) is 1.22. The SMILES string of the molecule is Br.C=CCN.[Br-].[H+]. The van der Waals surface area contributed by atoms with Gasteiger partial charge in [-0.1, -0.05) is 6.08 Å². The minimum absolute atomic E-state index is 0. The Kier molecular flexibility index (Phi) is 46.1. The maximum atomic E-state index is 4.91. The van der Waals surface area contributed by atoms with Gasteiger partial charge in [-0.15, -0.1) is 23.6 Å². The van der Waals surface area contributed by atoms with Crippen molar-refractivity contribution >= 4 is 17.0 Å². The van der Waals surface area contributed by atoms with E-state index in [1.807, 2.05) is 0 Å². The highest BCUT2D eigenvalue weighted by atomic mass is 79.9. The molecular formula is C3H9Br2N. The number of hydrogen-bond acceptors (Lipinski definition) is 1. The smallest absolute Gasteiger partial charge is 1.00 e. The van der Waals surface area contributed by atoms with Crippen LogP contribution in [0.15, 0.2) is 12.7 Å². The quantitative estimate of drug-likeness (QED) is 0.499. The Labute approximate surface area is 60.6 Å². The highest BCUT2D eigenvalue weighted by molar-refractivity contribution is 8.93. The Bertz CT molecular complexity index is 26.9. The van der Waals surface area contributed by atoms with Gasteiger partial charge < -0.3 is 22.7 Å². The molecule has 2 N–H and O–H groups in total. The summed E-state index contributed by atoms with van der Waals surface area (Å²) < 4.78 is 0. The van der Waals surface area contributed by atoms with Crippen molar-refractivity contribution in [2.75, 3.05) is 6.54 Å². The highest BCUT2D eigenvalue weighted by Gasteiger charge is 1.43. The third-order valence-electron chi connectivity index (χ3n) is 0.167. The van der Waals surface area contributed by atoms with E-state index in [-0.39, 0.29) is 35.4 Å². The summed E-state index contributed by atoms with van der Waals surface area (Å²) in [5, 5.41) is 0. The minimum Gasteiger partial charge on any atom is -1.00 e. The van der Waals surface area contributed by atoms with E-state index in [1.54, 1.807) is 6.08 Å². The standard InChI is InChI=1S/C3H7N.2BrH/c1-2-3-4;;/h2H,1,3-4H2;2*1H. The molecule has 0 saturated carbocycles. The van der Waals surface area contributed by atoms with Crippen molar-refractivity contribution in [1.29, 1.82) is 0 Å².